The molecule has 0 aromatic heterocycles. The second kappa shape index (κ2) is 9.27. The van der Waals surface area contributed by atoms with E-state index >= 15 is 0 Å². The Morgan fingerprint density at radius 2 is 1.70 bits per heavy atom. The normalized spacial score (nSPS) is 17.0. The van der Waals surface area contributed by atoms with Gasteiger partial charge in [-0.05, 0) is 56.9 Å². The zero-order valence-electron chi connectivity index (χ0n) is 17.3. The molecule has 0 saturated carbocycles. The highest BCUT2D eigenvalue weighted by Gasteiger charge is 2.34. The lowest BCUT2D eigenvalue weighted by atomic mass is 9.95. The Hall–Kier alpha value is -1.60. The summed E-state index contributed by atoms with van der Waals surface area (Å²) in [5.41, 5.74) is 3.37. The summed E-state index contributed by atoms with van der Waals surface area (Å²) in [4.78, 5) is 12.7. The summed E-state index contributed by atoms with van der Waals surface area (Å²) in [5, 5.41) is 3.29. The van der Waals surface area contributed by atoms with Gasteiger partial charge in [0.15, 0.2) is 0 Å². The predicted octanol–water partition coefficient (Wildman–Crippen LogP) is 4.89. The molecule has 2 aromatic rings. The number of piperidine rings is 1. The molecule has 162 valence electrons. The first-order valence-corrected chi connectivity index (χ1v) is 12.1. The second-order valence-corrected chi connectivity index (χ2v) is 10.5. The molecule has 1 saturated heterocycles. The van der Waals surface area contributed by atoms with Gasteiger partial charge in [-0.2, -0.15) is 4.31 Å². The fraction of sp³-hybridized carbons (Fsp3) is 0.409. The van der Waals surface area contributed by atoms with Gasteiger partial charge in [0.05, 0.1) is 16.1 Å². The van der Waals surface area contributed by atoms with Gasteiger partial charge in [-0.1, -0.05) is 53.0 Å². The van der Waals surface area contributed by atoms with E-state index < -0.39 is 10.0 Å². The summed E-state index contributed by atoms with van der Waals surface area (Å²) < 4.78 is 27.3. The highest BCUT2D eigenvalue weighted by atomic mass is 35.5. The molecular weight excluding hydrogens is 443 g/mol. The van der Waals surface area contributed by atoms with E-state index in [4.69, 9.17) is 23.2 Å². The molecule has 1 aliphatic rings. The fourth-order valence-electron chi connectivity index (χ4n) is 3.85. The van der Waals surface area contributed by atoms with E-state index in [-0.39, 0.29) is 45.9 Å². The van der Waals surface area contributed by atoms with Crippen LogP contribution in [0, 0.1) is 19.8 Å². The summed E-state index contributed by atoms with van der Waals surface area (Å²) in [7, 11) is -3.81. The highest BCUT2D eigenvalue weighted by molar-refractivity contribution is 7.89. The highest BCUT2D eigenvalue weighted by Crippen LogP contribution is 2.33. The van der Waals surface area contributed by atoms with Gasteiger partial charge in [0.1, 0.15) is 4.90 Å². The van der Waals surface area contributed by atoms with E-state index in [1.807, 2.05) is 20.8 Å². The molecule has 1 N–H and O–H groups in total. The van der Waals surface area contributed by atoms with E-state index in [1.165, 1.54) is 16.4 Å². The number of hydrogen-bond donors (Lipinski definition) is 1. The molecule has 3 rings (SSSR count). The van der Waals surface area contributed by atoms with Crippen molar-refractivity contribution in [1.82, 2.24) is 9.62 Å². The Labute approximate surface area is 188 Å². The first-order valence-electron chi connectivity index (χ1n) is 9.93. The Morgan fingerprint density at radius 3 is 2.30 bits per heavy atom. The summed E-state index contributed by atoms with van der Waals surface area (Å²) in [6, 6.07) is 10.7. The van der Waals surface area contributed by atoms with Crippen LogP contribution in [0.5, 0.6) is 0 Å². The number of amides is 1. The van der Waals surface area contributed by atoms with Gasteiger partial charge in [-0.25, -0.2) is 8.42 Å². The summed E-state index contributed by atoms with van der Waals surface area (Å²) in [6.07, 6.45) is 0.902. The van der Waals surface area contributed by atoms with Gasteiger partial charge in [-0.15, -0.1) is 0 Å². The van der Waals surface area contributed by atoms with Crippen LogP contribution in [0.1, 0.15) is 42.5 Å². The zero-order chi connectivity index (χ0) is 22.1. The Kier molecular flexibility index (Phi) is 7.13. The molecule has 0 radical (unpaired) electrons. The monoisotopic (exact) mass is 468 g/mol. The molecule has 2 aromatic carbocycles. The molecule has 0 aliphatic carbocycles. The van der Waals surface area contributed by atoms with Gasteiger partial charge >= 0.3 is 0 Å². The average Bonchev–Trinajstić information content (AvgIpc) is 2.69. The lowest BCUT2D eigenvalue weighted by Crippen LogP contribution is -2.43. The topological polar surface area (TPSA) is 66.5 Å². The molecule has 1 atom stereocenters. The van der Waals surface area contributed by atoms with Gasteiger partial charge in [0.25, 0.3) is 0 Å². The lowest BCUT2D eigenvalue weighted by Gasteiger charge is -2.31. The van der Waals surface area contributed by atoms with Crippen molar-refractivity contribution in [3.8, 4) is 0 Å². The fourth-order valence-corrected chi connectivity index (χ4v) is 6.41. The first-order chi connectivity index (χ1) is 14.1. The number of sulfonamides is 1. The van der Waals surface area contributed by atoms with Gasteiger partial charge in [-0.3, -0.25) is 4.79 Å². The molecule has 8 heteroatoms. The Bertz CT molecular complexity index is 1030. The lowest BCUT2D eigenvalue weighted by molar-refractivity contribution is -0.126. The standard InChI is InChI=1S/C22H26Cl2N2O3S/c1-14-7-8-15(2)18(13-14)16(3)25-22(27)17-9-11-26(12-10-17)30(28,29)21-19(23)5-4-6-20(21)24/h4-8,13,16-17H,9-12H2,1-3H3,(H,25,27). The minimum atomic E-state index is -3.81. The van der Waals surface area contributed by atoms with Crippen LogP contribution in [0.3, 0.4) is 0 Å². The van der Waals surface area contributed by atoms with Crippen molar-refractivity contribution in [1.29, 1.82) is 0 Å². The summed E-state index contributed by atoms with van der Waals surface area (Å²) in [5.74, 6) is -0.276. The maximum absolute atomic E-state index is 13.0. The smallest absolute Gasteiger partial charge is 0.246 e. The van der Waals surface area contributed by atoms with Crippen LogP contribution in [0.4, 0.5) is 0 Å². The Balaban J connectivity index is 1.65. The van der Waals surface area contributed by atoms with E-state index in [9.17, 15) is 13.2 Å². The molecule has 1 amide bonds. The minimum absolute atomic E-state index is 0.0452. The van der Waals surface area contributed by atoms with Crippen LogP contribution >= 0.6 is 23.2 Å². The third-order valence-corrected chi connectivity index (χ3v) is 8.46. The van der Waals surface area contributed by atoms with Crippen LogP contribution in [0.15, 0.2) is 41.3 Å². The molecule has 1 aliphatic heterocycles. The number of carbonyl (C=O) groups is 1. The number of carbonyl (C=O) groups excluding carboxylic acids is 1. The van der Waals surface area contributed by atoms with Crippen LogP contribution < -0.4 is 5.32 Å². The molecule has 1 unspecified atom stereocenters. The van der Waals surface area contributed by atoms with E-state index in [1.54, 1.807) is 6.07 Å². The van der Waals surface area contributed by atoms with E-state index in [2.05, 4.69) is 23.5 Å². The van der Waals surface area contributed by atoms with Crippen molar-refractivity contribution in [2.75, 3.05) is 13.1 Å². The van der Waals surface area contributed by atoms with Crippen molar-refractivity contribution in [2.45, 2.75) is 44.6 Å². The Morgan fingerprint density at radius 1 is 1.10 bits per heavy atom. The van der Waals surface area contributed by atoms with Crippen molar-refractivity contribution in [3.63, 3.8) is 0 Å². The number of rotatable bonds is 5. The quantitative estimate of drug-likeness (QED) is 0.678. The minimum Gasteiger partial charge on any atom is -0.349 e. The largest absolute Gasteiger partial charge is 0.349 e. The van der Waals surface area contributed by atoms with Crippen LogP contribution in [0.2, 0.25) is 10.0 Å². The van der Waals surface area contributed by atoms with E-state index in [0.29, 0.717) is 12.8 Å². The van der Waals surface area contributed by atoms with Crippen molar-refractivity contribution >= 4 is 39.1 Å². The second-order valence-electron chi connectivity index (χ2n) is 7.82. The number of nitrogens with one attached hydrogen (secondary N) is 1. The molecule has 5 nitrogen and oxygen atoms in total. The molecule has 0 spiro atoms. The molecule has 0 bridgehead atoms. The van der Waals surface area contributed by atoms with Gasteiger partial charge < -0.3 is 5.32 Å². The molecule has 1 fully saturated rings. The summed E-state index contributed by atoms with van der Waals surface area (Å²) in [6.45, 7) is 6.53. The number of aryl methyl sites for hydroxylation is 2. The zero-order valence-corrected chi connectivity index (χ0v) is 19.6. The molecular formula is C22H26Cl2N2O3S. The SMILES string of the molecule is Cc1ccc(C)c(C(C)NC(=O)C2CCN(S(=O)(=O)c3c(Cl)cccc3Cl)CC2)c1. The van der Waals surface area contributed by atoms with Crippen LogP contribution in [0.25, 0.3) is 0 Å². The first kappa shape index (κ1) is 23.1. The van der Waals surface area contributed by atoms with Crippen molar-refractivity contribution < 1.29 is 13.2 Å². The van der Waals surface area contributed by atoms with Gasteiger partial charge in [0, 0.05) is 19.0 Å². The number of halogens is 2. The van der Waals surface area contributed by atoms with E-state index in [0.717, 1.165) is 16.7 Å². The third kappa shape index (κ3) is 4.83. The predicted molar refractivity (Wildman–Crippen MR) is 120 cm³/mol. The van der Waals surface area contributed by atoms with Crippen molar-refractivity contribution in [2.24, 2.45) is 5.92 Å². The van der Waals surface area contributed by atoms with Crippen LogP contribution in [-0.2, 0) is 14.8 Å². The maximum Gasteiger partial charge on any atom is 0.246 e. The molecule has 30 heavy (non-hydrogen) atoms. The number of nitrogens with zero attached hydrogens (tertiary/aromatic N) is 1. The molecule has 1 heterocycles. The van der Waals surface area contributed by atoms with Crippen LogP contribution in [-0.4, -0.2) is 31.7 Å². The maximum atomic E-state index is 13.0. The van der Waals surface area contributed by atoms with Gasteiger partial charge in [0.2, 0.25) is 15.9 Å². The van der Waals surface area contributed by atoms with Crippen molar-refractivity contribution in [3.05, 3.63) is 63.1 Å². The number of hydrogen-bond acceptors (Lipinski definition) is 3. The summed E-state index contributed by atoms with van der Waals surface area (Å²) >= 11 is 12.2. The average molecular weight is 469 g/mol. The third-order valence-electron chi connectivity index (χ3n) is 5.60. The number of benzene rings is 2.